The number of sulfone groups is 1. The Morgan fingerprint density at radius 2 is 2.07 bits per heavy atom. The summed E-state index contributed by atoms with van der Waals surface area (Å²) in [6.45, 7) is 6.10. The minimum Gasteiger partial charge on any atom is -0.372 e. The maximum atomic E-state index is 13.1. The van der Waals surface area contributed by atoms with Gasteiger partial charge in [0.2, 0.25) is 0 Å². The van der Waals surface area contributed by atoms with Gasteiger partial charge in [0.25, 0.3) is 0 Å². The average Bonchev–Trinajstić information content (AvgIpc) is 2.71. The van der Waals surface area contributed by atoms with E-state index in [-0.39, 0.29) is 16.8 Å². The molecule has 1 fully saturated rings. The van der Waals surface area contributed by atoms with E-state index in [4.69, 9.17) is 4.74 Å². The van der Waals surface area contributed by atoms with E-state index in [1.807, 2.05) is 38.1 Å². The molecule has 1 unspecified atom stereocenters. The van der Waals surface area contributed by atoms with Crippen molar-refractivity contribution < 1.29 is 13.2 Å². The van der Waals surface area contributed by atoms with Crippen LogP contribution < -0.4 is 5.32 Å². The number of benzene rings is 2. The van der Waals surface area contributed by atoms with Gasteiger partial charge in [-0.25, -0.2) is 8.42 Å². The van der Waals surface area contributed by atoms with Crippen LogP contribution in [0.15, 0.2) is 63.2 Å². The summed E-state index contributed by atoms with van der Waals surface area (Å²) in [5, 5.41) is 12.5. The van der Waals surface area contributed by atoms with Crippen LogP contribution in [0.5, 0.6) is 0 Å². The van der Waals surface area contributed by atoms with E-state index >= 15 is 0 Å². The Morgan fingerprint density at radius 3 is 2.79 bits per heavy atom. The third-order valence-electron chi connectivity index (χ3n) is 4.59. The van der Waals surface area contributed by atoms with Gasteiger partial charge in [0, 0.05) is 22.9 Å². The highest BCUT2D eigenvalue weighted by Crippen LogP contribution is 2.36. The van der Waals surface area contributed by atoms with Crippen LogP contribution in [0.1, 0.15) is 16.7 Å². The van der Waals surface area contributed by atoms with Crippen molar-refractivity contribution in [3.8, 4) is 6.07 Å². The number of morpholine rings is 1. The van der Waals surface area contributed by atoms with E-state index in [0.717, 1.165) is 22.6 Å². The molecule has 1 saturated heterocycles. The number of hydrogen-bond acceptors (Lipinski definition) is 6. The van der Waals surface area contributed by atoms with E-state index in [0.29, 0.717) is 23.6 Å². The second-order valence-corrected chi connectivity index (χ2v) is 10.1. The van der Waals surface area contributed by atoms with Gasteiger partial charge in [-0.05, 0) is 49.2 Å². The zero-order chi connectivity index (χ0) is 20.9. The van der Waals surface area contributed by atoms with E-state index < -0.39 is 9.84 Å². The monoisotopic (exact) mass is 428 g/mol. The van der Waals surface area contributed by atoms with Gasteiger partial charge in [-0.1, -0.05) is 36.0 Å². The maximum absolute atomic E-state index is 13.1. The number of nitrogens with one attached hydrogen (secondary N) is 1. The normalized spacial score (nSPS) is 17.3. The summed E-state index contributed by atoms with van der Waals surface area (Å²) in [5.74, 6) is -0.137. The molecule has 0 amide bonds. The molecule has 0 spiro atoms. The Labute approximate surface area is 176 Å². The topological polar surface area (TPSA) is 79.2 Å². The van der Waals surface area contributed by atoms with Crippen LogP contribution in [0.2, 0.25) is 0 Å². The number of hydrogen-bond donors (Lipinski definition) is 1. The van der Waals surface area contributed by atoms with Gasteiger partial charge in [-0.3, -0.25) is 0 Å². The number of aryl methyl sites for hydroxylation is 2. The molecule has 3 rings (SSSR count). The fraction of sp³-hybridized carbons (Fsp3) is 0.318. The van der Waals surface area contributed by atoms with Crippen LogP contribution in [-0.2, 0) is 14.6 Å². The van der Waals surface area contributed by atoms with Gasteiger partial charge in [-0.15, -0.1) is 0 Å². The molecule has 5 nitrogen and oxygen atoms in total. The molecular formula is C22H24N2O3S2. The molecule has 29 heavy (non-hydrogen) atoms. The smallest absolute Gasteiger partial charge is 0.183 e. The van der Waals surface area contributed by atoms with Crippen molar-refractivity contribution >= 4 is 21.6 Å². The summed E-state index contributed by atoms with van der Waals surface area (Å²) in [4.78, 5) is 1.82. The first kappa shape index (κ1) is 21.6. The number of nitrogens with zero attached hydrogens (tertiary/aromatic N) is 1. The molecule has 0 bridgehead atoms. The van der Waals surface area contributed by atoms with Crippen LogP contribution >= 0.6 is 11.8 Å². The van der Waals surface area contributed by atoms with Crippen molar-refractivity contribution in [3.05, 3.63) is 65.2 Å². The zero-order valence-corrected chi connectivity index (χ0v) is 18.1. The van der Waals surface area contributed by atoms with Crippen LogP contribution in [0, 0.1) is 25.2 Å². The molecule has 1 aliphatic rings. The second kappa shape index (κ2) is 9.59. The molecule has 1 aliphatic heterocycles. The maximum Gasteiger partial charge on any atom is 0.183 e. The first-order valence-electron chi connectivity index (χ1n) is 9.40. The molecule has 0 radical (unpaired) electrons. The van der Waals surface area contributed by atoms with Crippen molar-refractivity contribution in [1.29, 1.82) is 5.26 Å². The number of rotatable bonds is 6. The largest absolute Gasteiger partial charge is 0.372 e. The summed E-state index contributed by atoms with van der Waals surface area (Å²) >= 11 is 1.42. The predicted octanol–water partition coefficient (Wildman–Crippen LogP) is 3.64. The van der Waals surface area contributed by atoms with Crippen LogP contribution in [0.25, 0.3) is 0 Å². The quantitative estimate of drug-likeness (QED) is 0.708. The van der Waals surface area contributed by atoms with Gasteiger partial charge >= 0.3 is 0 Å². The molecule has 0 aliphatic carbocycles. The Kier molecular flexibility index (Phi) is 7.14. The summed E-state index contributed by atoms with van der Waals surface area (Å²) < 4.78 is 31.7. The first-order valence-corrected chi connectivity index (χ1v) is 11.9. The highest BCUT2D eigenvalue weighted by molar-refractivity contribution is 8.00. The van der Waals surface area contributed by atoms with Gasteiger partial charge in [-0.2, -0.15) is 5.26 Å². The highest BCUT2D eigenvalue weighted by atomic mass is 32.2. The third kappa shape index (κ3) is 5.71. The molecular weight excluding hydrogens is 404 g/mol. The predicted molar refractivity (Wildman–Crippen MR) is 115 cm³/mol. The fourth-order valence-corrected chi connectivity index (χ4v) is 5.71. The average molecular weight is 429 g/mol. The van der Waals surface area contributed by atoms with Crippen LogP contribution in [-0.4, -0.2) is 40.0 Å². The van der Waals surface area contributed by atoms with Crippen LogP contribution in [0.3, 0.4) is 0 Å². The van der Waals surface area contributed by atoms with E-state index in [2.05, 4.69) is 5.32 Å². The second-order valence-electron chi connectivity index (χ2n) is 6.97. The zero-order valence-electron chi connectivity index (χ0n) is 16.5. The van der Waals surface area contributed by atoms with Crippen molar-refractivity contribution in [2.45, 2.75) is 34.6 Å². The molecule has 1 atom stereocenters. The molecule has 0 saturated carbocycles. The third-order valence-corrected chi connectivity index (χ3v) is 7.60. The first-order chi connectivity index (χ1) is 13.9. The lowest BCUT2D eigenvalue weighted by Crippen LogP contribution is -2.37. The van der Waals surface area contributed by atoms with Crippen molar-refractivity contribution in [2.24, 2.45) is 0 Å². The number of ether oxygens (including phenoxy) is 1. The van der Waals surface area contributed by atoms with Crippen molar-refractivity contribution in [3.63, 3.8) is 0 Å². The summed E-state index contributed by atoms with van der Waals surface area (Å²) in [5.41, 5.74) is 2.52. The molecule has 2 aromatic carbocycles. The Morgan fingerprint density at radius 1 is 1.24 bits per heavy atom. The van der Waals surface area contributed by atoms with Gasteiger partial charge in [0.1, 0.15) is 0 Å². The van der Waals surface area contributed by atoms with Gasteiger partial charge in [0.15, 0.2) is 9.84 Å². The fourth-order valence-electron chi connectivity index (χ4n) is 2.97. The SMILES string of the molecule is Cc1ccc(C)c(Sc2ccc(C#N)cc2S(=O)(=O)CC=CC2CNCCO2)c1. The standard InChI is InChI=1S/C22H24N2O3S2/c1-16-5-6-17(2)21(12-16)28-20-8-7-18(14-23)13-22(20)29(25,26)11-3-4-19-15-24-9-10-27-19/h3-8,12-13,19,24H,9-11,15H2,1-2H3. The lowest BCUT2D eigenvalue weighted by Gasteiger charge is -2.20. The minimum atomic E-state index is -3.60. The molecule has 0 aromatic heterocycles. The summed E-state index contributed by atoms with van der Waals surface area (Å²) in [6.07, 6.45) is 3.31. The van der Waals surface area contributed by atoms with Crippen LogP contribution in [0.4, 0.5) is 0 Å². The summed E-state index contributed by atoms with van der Waals surface area (Å²) in [7, 11) is -3.60. The Balaban J connectivity index is 1.88. The molecule has 1 N–H and O–H groups in total. The van der Waals surface area contributed by atoms with E-state index in [1.54, 1.807) is 24.3 Å². The molecule has 152 valence electrons. The van der Waals surface area contributed by atoms with E-state index in [9.17, 15) is 13.7 Å². The molecule has 1 heterocycles. The minimum absolute atomic E-state index is 0.117. The molecule has 2 aromatic rings. The van der Waals surface area contributed by atoms with E-state index in [1.165, 1.54) is 17.8 Å². The Bertz CT molecular complexity index is 1050. The van der Waals surface area contributed by atoms with Gasteiger partial charge in [0.05, 0.1) is 35.0 Å². The summed E-state index contributed by atoms with van der Waals surface area (Å²) in [6, 6.07) is 13.0. The lowest BCUT2D eigenvalue weighted by atomic mass is 10.2. The highest BCUT2D eigenvalue weighted by Gasteiger charge is 2.20. The van der Waals surface area contributed by atoms with Crippen molar-refractivity contribution in [2.75, 3.05) is 25.4 Å². The number of nitriles is 1. The lowest BCUT2D eigenvalue weighted by molar-refractivity contribution is 0.0591. The van der Waals surface area contributed by atoms with Crippen molar-refractivity contribution in [1.82, 2.24) is 5.32 Å². The Hall–Kier alpha value is -2.11. The van der Waals surface area contributed by atoms with Gasteiger partial charge < -0.3 is 10.1 Å². The molecule has 7 heteroatoms.